The third kappa shape index (κ3) is 3.88. The minimum Gasteiger partial charge on any atom is -0.343 e. The maximum absolute atomic E-state index is 12.9. The van der Waals surface area contributed by atoms with E-state index in [0.29, 0.717) is 17.2 Å². The number of pyridine rings is 1. The third-order valence-corrected chi connectivity index (χ3v) is 3.87. The number of aromatic nitrogens is 5. The standard InChI is InChI=1S/C17H17F3N6O/c1-9(2)26-14(8-24-16(27)13-7-21-10(3)5-22-13)25-12-4-11(17(18,19)20)6-23-15(12)26/h4-7,9H,8H2,1-3H3,(H,24,27). The van der Waals surface area contributed by atoms with Crippen molar-refractivity contribution < 1.29 is 18.0 Å². The summed E-state index contributed by atoms with van der Waals surface area (Å²) in [5, 5.41) is 2.66. The van der Waals surface area contributed by atoms with Crippen molar-refractivity contribution in [1.29, 1.82) is 0 Å². The van der Waals surface area contributed by atoms with Crippen LogP contribution in [0.1, 0.15) is 47.5 Å². The molecule has 7 nitrogen and oxygen atoms in total. The monoisotopic (exact) mass is 378 g/mol. The maximum Gasteiger partial charge on any atom is 0.417 e. The second kappa shape index (κ2) is 6.93. The quantitative estimate of drug-likeness (QED) is 0.754. The molecule has 0 aromatic carbocycles. The van der Waals surface area contributed by atoms with Crippen LogP contribution in [0.25, 0.3) is 11.2 Å². The van der Waals surface area contributed by atoms with E-state index in [1.165, 1.54) is 12.4 Å². The molecule has 0 fully saturated rings. The van der Waals surface area contributed by atoms with Gasteiger partial charge in [-0.2, -0.15) is 13.2 Å². The van der Waals surface area contributed by atoms with Gasteiger partial charge in [-0.15, -0.1) is 0 Å². The minimum atomic E-state index is -4.50. The Balaban J connectivity index is 1.89. The average Bonchev–Trinajstić information content (AvgIpc) is 2.97. The van der Waals surface area contributed by atoms with Gasteiger partial charge in [-0.3, -0.25) is 9.78 Å². The van der Waals surface area contributed by atoms with Gasteiger partial charge in [-0.25, -0.2) is 15.0 Å². The van der Waals surface area contributed by atoms with Crippen molar-refractivity contribution in [3.05, 3.63) is 47.4 Å². The highest BCUT2D eigenvalue weighted by Gasteiger charge is 2.32. The van der Waals surface area contributed by atoms with Crippen molar-refractivity contribution >= 4 is 17.1 Å². The molecule has 3 aromatic rings. The zero-order valence-electron chi connectivity index (χ0n) is 14.9. The van der Waals surface area contributed by atoms with Gasteiger partial charge in [0.15, 0.2) is 5.65 Å². The first-order valence-corrected chi connectivity index (χ1v) is 8.17. The van der Waals surface area contributed by atoms with Crippen LogP contribution in [0, 0.1) is 6.92 Å². The van der Waals surface area contributed by atoms with Crippen molar-refractivity contribution in [1.82, 2.24) is 29.8 Å². The van der Waals surface area contributed by atoms with Crippen LogP contribution in [0.15, 0.2) is 24.7 Å². The number of halogens is 3. The summed E-state index contributed by atoms with van der Waals surface area (Å²) < 4.78 is 40.4. The van der Waals surface area contributed by atoms with Crippen LogP contribution in [0.4, 0.5) is 13.2 Å². The number of nitrogens with one attached hydrogen (secondary N) is 1. The van der Waals surface area contributed by atoms with Crippen LogP contribution in [0.2, 0.25) is 0 Å². The van der Waals surface area contributed by atoms with Gasteiger partial charge in [-0.1, -0.05) is 0 Å². The van der Waals surface area contributed by atoms with Crippen molar-refractivity contribution in [3.8, 4) is 0 Å². The second-order valence-electron chi connectivity index (χ2n) is 6.28. The lowest BCUT2D eigenvalue weighted by Crippen LogP contribution is -2.26. The first-order valence-electron chi connectivity index (χ1n) is 8.17. The zero-order valence-corrected chi connectivity index (χ0v) is 14.9. The number of hydrogen-bond donors (Lipinski definition) is 1. The summed E-state index contributed by atoms with van der Waals surface area (Å²) in [6, 6.07) is 0.850. The van der Waals surface area contributed by atoms with Gasteiger partial charge in [0, 0.05) is 18.4 Å². The highest BCUT2D eigenvalue weighted by atomic mass is 19.4. The van der Waals surface area contributed by atoms with Crippen LogP contribution in [0.5, 0.6) is 0 Å². The summed E-state index contributed by atoms with van der Waals surface area (Å²) in [6.45, 7) is 5.49. The Hall–Kier alpha value is -3.04. The van der Waals surface area contributed by atoms with E-state index in [1.807, 2.05) is 13.8 Å². The van der Waals surface area contributed by atoms with Crippen molar-refractivity contribution in [3.63, 3.8) is 0 Å². The smallest absolute Gasteiger partial charge is 0.343 e. The molecule has 3 aromatic heterocycles. The molecule has 3 heterocycles. The average molecular weight is 378 g/mol. The minimum absolute atomic E-state index is 0.0181. The van der Waals surface area contributed by atoms with Gasteiger partial charge >= 0.3 is 6.18 Å². The Labute approximate surface area is 152 Å². The lowest BCUT2D eigenvalue weighted by atomic mass is 10.2. The van der Waals surface area contributed by atoms with Crippen LogP contribution in [-0.4, -0.2) is 30.4 Å². The molecule has 0 radical (unpaired) electrons. The summed E-state index contributed by atoms with van der Waals surface area (Å²) in [5.74, 6) is -0.0472. The van der Waals surface area contributed by atoms with Gasteiger partial charge in [0.1, 0.15) is 17.0 Å². The Morgan fingerprint density at radius 2 is 1.93 bits per heavy atom. The largest absolute Gasteiger partial charge is 0.417 e. The van der Waals surface area contributed by atoms with E-state index >= 15 is 0 Å². The first-order chi connectivity index (χ1) is 12.7. The van der Waals surface area contributed by atoms with Gasteiger partial charge in [0.25, 0.3) is 5.91 Å². The van der Waals surface area contributed by atoms with E-state index in [0.717, 1.165) is 12.3 Å². The normalized spacial score (nSPS) is 12.0. The number of imidazole rings is 1. The van der Waals surface area contributed by atoms with E-state index in [9.17, 15) is 18.0 Å². The van der Waals surface area contributed by atoms with Gasteiger partial charge in [0.05, 0.1) is 24.0 Å². The predicted molar refractivity (Wildman–Crippen MR) is 90.9 cm³/mol. The van der Waals surface area contributed by atoms with E-state index in [1.54, 1.807) is 11.5 Å². The Morgan fingerprint density at radius 3 is 2.52 bits per heavy atom. The van der Waals surface area contributed by atoms with Crippen molar-refractivity contribution in [2.75, 3.05) is 0 Å². The molecular formula is C17H17F3N6O. The van der Waals surface area contributed by atoms with Crippen molar-refractivity contribution in [2.24, 2.45) is 0 Å². The molecule has 0 aliphatic carbocycles. The number of fused-ring (bicyclic) bond motifs is 1. The molecule has 0 bridgehead atoms. The number of carbonyl (C=O) groups is 1. The Kier molecular flexibility index (Phi) is 4.81. The molecule has 3 rings (SSSR count). The summed E-state index contributed by atoms with van der Waals surface area (Å²) in [4.78, 5) is 28.4. The topological polar surface area (TPSA) is 85.6 Å². The van der Waals surface area contributed by atoms with Gasteiger partial charge in [0.2, 0.25) is 0 Å². The molecule has 0 spiro atoms. The van der Waals surface area contributed by atoms with Crippen LogP contribution in [0.3, 0.4) is 0 Å². The molecule has 142 valence electrons. The SMILES string of the molecule is Cc1cnc(C(=O)NCc2nc3cc(C(F)(F)F)cnc3n2C(C)C)cn1. The van der Waals surface area contributed by atoms with E-state index in [4.69, 9.17) is 0 Å². The molecule has 1 N–H and O–H groups in total. The molecule has 27 heavy (non-hydrogen) atoms. The number of hydrogen-bond acceptors (Lipinski definition) is 5. The third-order valence-electron chi connectivity index (χ3n) is 3.87. The van der Waals surface area contributed by atoms with Crippen molar-refractivity contribution in [2.45, 2.75) is 39.5 Å². The lowest BCUT2D eigenvalue weighted by Gasteiger charge is -2.13. The molecule has 0 unspecified atom stereocenters. The number of carbonyl (C=O) groups excluding carboxylic acids is 1. The van der Waals surface area contributed by atoms with E-state index in [-0.39, 0.29) is 23.8 Å². The lowest BCUT2D eigenvalue weighted by molar-refractivity contribution is -0.137. The number of nitrogens with zero attached hydrogens (tertiary/aromatic N) is 5. The van der Waals surface area contributed by atoms with Gasteiger partial charge < -0.3 is 9.88 Å². The van der Waals surface area contributed by atoms with Crippen LogP contribution in [-0.2, 0) is 12.7 Å². The molecule has 10 heteroatoms. The highest BCUT2D eigenvalue weighted by Crippen LogP contribution is 2.31. The Bertz CT molecular complexity index is 979. The van der Waals surface area contributed by atoms with Gasteiger partial charge in [-0.05, 0) is 26.8 Å². The second-order valence-corrected chi connectivity index (χ2v) is 6.28. The highest BCUT2D eigenvalue weighted by molar-refractivity contribution is 5.91. The zero-order chi connectivity index (χ0) is 19.8. The summed E-state index contributed by atoms with van der Waals surface area (Å²) in [6.07, 6.45) is -0.886. The van der Waals surface area contributed by atoms with E-state index in [2.05, 4.69) is 25.3 Å². The number of rotatable bonds is 4. The molecule has 0 aliphatic rings. The summed E-state index contributed by atoms with van der Waals surface area (Å²) >= 11 is 0. The predicted octanol–water partition coefficient (Wildman–Crippen LogP) is 3.06. The number of alkyl halides is 3. The first kappa shape index (κ1) is 18.7. The molecular weight excluding hydrogens is 361 g/mol. The van der Waals surface area contributed by atoms with Crippen LogP contribution < -0.4 is 5.32 Å². The van der Waals surface area contributed by atoms with E-state index < -0.39 is 17.6 Å². The fraction of sp³-hybridized carbons (Fsp3) is 0.353. The Morgan fingerprint density at radius 1 is 1.19 bits per heavy atom. The molecule has 1 amide bonds. The summed E-state index contributed by atoms with van der Waals surface area (Å²) in [7, 11) is 0. The summed E-state index contributed by atoms with van der Waals surface area (Å²) in [5.41, 5.74) is 0.411. The molecule has 0 saturated carbocycles. The maximum atomic E-state index is 12.9. The molecule has 0 atom stereocenters. The number of amides is 1. The number of aryl methyl sites for hydroxylation is 1. The fourth-order valence-corrected chi connectivity index (χ4v) is 2.61. The fourth-order valence-electron chi connectivity index (χ4n) is 2.61. The molecule has 0 aliphatic heterocycles. The van der Waals surface area contributed by atoms with Crippen LogP contribution >= 0.6 is 0 Å². The molecule has 0 saturated heterocycles.